The van der Waals surface area contributed by atoms with Gasteiger partial charge in [0.1, 0.15) is 6.61 Å². The molecule has 0 saturated heterocycles. The van der Waals surface area contributed by atoms with Gasteiger partial charge in [-0.05, 0) is 6.07 Å². The van der Waals surface area contributed by atoms with E-state index in [0.717, 1.165) is 28.9 Å². The summed E-state index contributed by atoms with van der Waals surface area (Å²) in [4.78, 5) is 6.48. The van der Waals surface area contributed by atoms with Gasteiger partial charge >= 0.3 is 0 Å². The number of ether oxygens (including phenoxy) is 1. The number of hydrogen-bond donors (Lipinski definition) is 1. The zero-order chi connectivity index (χ0) is 14.8. The third-order valence-corrected chi connectivity index (χ3v) is 3.73. The second-order valence-electron chi connectivity index (χ2n) is 5.81. The van der Waals surface area contributed by atoms with Crippen molar-refractivity contribution in [3.05, 3.63) is 23.3 Å². The van der Waals surface area contributed by atoms with E-state index in [1.54, 1.807) is 7.11 Å². The Hall–Kier alpha value is -1.47. The smallest absolute Gasteiger partial charge is 0.205 e. The summed E-state index contributed by atoms with van der Waals surface area (Å²) in [6.07, 6.45) is 0. The van der Waals surface area contributed by atoms with E-state index in [9.17, 15) is 0 Å². The quantitative estimate of drug-likeness (QED) is 0.917. The highest BCUT2D eigenvalue weighted by Crippen LogP contribution is 2.22. The maximum absolute atomic E-state index is 5.03. The molecule has 0 saturated carbocycles. The number of H-pyrrole nitrogens is 1. The van der Waals surface area contributed by atoms with Gasteiger partial charge in [-0.2, -0.15) is 9.47 Å². The van der Waals surface area contributed by atoms with Crippen molar-refractivity contribution in [1.82, 2.24) is 19.6 Å². The van der Waals surface area contributed by atoms with E-state index in [0.29, 0.717) is 6.61 Å². The van der Waals surface area contributed by atoms with Crippen LogP contribution in [0, 0.1) is 0 Å². The Morgan fingerprint density at radius 3 is 2.75 bits per heavy atom. The number of aromatic nitrogens is 4. The highest BCUT2D eigenvalue weighted by atomic mass is 32.1. The first-order valence-electron chi connectivity index (χ1n) is 6.47. The van der Waals surface area contributed by atoms with Gasteiger partial charge in [-0.3, -0.25) is 5.10 Å². The number of rotatable bonds is 5. The van der Waals surface area contributed by atoms with E-state index < -0.39 is 0 Å². The van der Waals surface area contributed by atoms with Gasteiger partial charge in [0.2, 0.25) is 5.13 Å². The fraction of sp³-hybridized carbons (Fsp3) is 0.615. The molecule has 0 unspecified atom stereocenters. The molecule has 1 N–H and O–H groups in total. The molecule has 0 amide bonds. The second-order valence-corrected chi connectivity index (χ2v) is 6.54. The van der Waals surface area contributed by atoms with E-state index in [1.807, 2.05) is 7.05 Å². The number of nitrogens with one attached hydrogen (secondary N) is 1. The molecule has 20 heavy (non-hydrogen) atoms. The molecule has 0 aromatic carbocycles. The van der Waals surface area contributed by atoms with Crippen molar-refractivity contribution < 1.29 is 4.74 Å². The van der Waals surface area contributed by atoms with Crippen LogP contribution in [0.2, 0.25) is 0 Å². The van der Waals surface area contributed by atoms with E-state index in [4.69, 9.17) is 4.74 Å². The van der Waals surface area contributed by atoms with Crippen molar-refractivity contribution in [1.29, 1.82) is 0 Å². The van der Waals surface area contributed by atoms with Crippen LogP contribution in [0.1, 0.15) is 38.0 Å². The van der Waals surface area contributed by atoms with Crippen LogP contribution in [0.25, 0.3) is 0 Å². The second kappa shape index (κ2) is 5.88. The first kappa shape index (κ1) is 14.9. The van der Waals surface area contributed by atoms with Gasteiger partial charge in [0.05, 0.1) is 17.9 Å². The lowest BCUT2D eigenvalue weighted by molar-refractivity contribution is 0.179. The number of nitrogens with zero attached hydrogens (tertiary/aromatic N) is 4. The SMILES string of the molecule is COCc1nsc(N(C)Cc2cc(C(C)(C)C)n[nH]2)n1. The molecule has 2 heterocycles. The number of aromatic amines is 1. The Labute approximate surface area is 123 Å². The van der Waals surface area contributed by atoms with Crippen LogP contribution in [-0.2, 0) is 23.3 Å². The summed E-state index contributed by atoms with van der Waals surface area (Å²) in [5.41, 5.74) is 2.20. The summed E-state index contributed by atoms with van der Waals surface area (Å²) in [5, 5.41) is 8.33. The third-order valence-electron chi connectivity index (χ3n) is 2.86. The van der Waals surface area contributed by atoms with Gasteiger partial charge in [0, 0.05) is 31.1 Å². The molecule has 0 spiro atoms. The molecule has 7 heteroatoms. The van der Waals surface area contributed by atoms with Crippen molar-refractivity contribution in [3.8, 4) is 0 Å². The topological polar surface area (TPSA) is 66.9 Å². The standard InChI is InChI=1S/C13H21N5OS/c1-13(2,3)10-6-9(15-16-10)7-18(4)12-14-11(8-19-5)17-20-12/h6H,7-8H2,1-5H3,(H,15,16). The normalized spacial score (nSPS) is 11.8. The molecule has 0 fully saturated rings. The summed E-state index contributed by atoms with van der Waals surface area (Å²) >= 11 is 1.38. The Kier molecular flexibility index (Phi) is 4.39. The summed E-state index contributed by atoms with van der Waals surface area (Å²) in [5.74, 6) is 0.722. The molecule has 0 radical (unpaired) electrons. The Balaban J connectivity index is 2.03. The molecular formula is C13H21N5OS. The molecule has 2 aromatic rings. The molecule has 0 atom stereocenters. The monoisotopic (exact) mass is 295 g/mol. The van der Waals surface area contributed by atoms with Crippen LogP contribution in [0.3, 0.4) is 0 Å². The zero-order valence-corrected chi connectivity index (χ0v) is 13.4. The summed E-state index contributed by atoms with van der Waals surface area (Å²) in [7, 11) is 3.64. The lowest BCUT2D eigenvalue weighted by Crippen LogP contribution is -2.16. The lowest BCUT2D eigenvalue weighted by Gasteiger charge is -2.14. The number of anilines is 1. The Morgan fingerprint density at radius 1 is 1.40 bits per heavy atom. The predicted molar refractivity (Wildman–Crippen MR) is 80.0 cm³/mol. The number of hydrogen-bond acceptors (Lipinski definition) is 6. The molecule has 0 aliphatic heterocycles. The zero-order valence-electron chi connectivity index (χ0n) is 12.6. The van der Waals surface area contributed by atoms with Gasteiger partial charge in [-0.25, -0.2) is 4.98 Å². The van der Waals surface area contributed by atoms with Gasteiger partial charge < -0.3 is 9.64 Å². The van der Waals surface area contributed by atoms with Gasteiger partial charge in [0.25, 0.3) is 0 Å². The summed E-state index contributed by atoms with van der Waals surface area (Å²) in [6.45, 7) is 7.63. The van der Waals surface area contributed by atoms with Crippen LogP contribution in [0.4, 0.5) is 5.13 Å². The molecule has 6 nitrogen and oxygen atoms in total. The molecule has 0 aliphatic rings. The van der Waals surface area contributed by atoms with Crippen molar-refractivity contribution in [2.45, 2.75) is 39.3 Å². The van der Waals surface area contributed by atoms with Crippen molar-refractivity contribution in [3.63, 3.8) is 0 Å². The fourth-order valence-electron chi connectivity index (χ4n) is 1.74. The maximum atomic E-state index is 5.03. The van der Waals surface area contributed by atoms with Gasteiger partial charge in [0.15, 0.2) is 5.82 Å². The summed E-state index contributed by atoms with van der Waals surface area (Å²) in [6, 6.07) is 2.10. The first-order chi connectivity index (χ1) is 9.40. The summed E-state index contributed by atoms with van der Waals surface area (Å²) < 4.78 is 9.28. The van der Waals surface area contributed by atoms with Crippen LogP contribution >= 0.6 is 11.5 Å². The van der Waals surface area contributed by atoms with Crippen molar-refractivity contribution in [2.24, 2.45) is 0 Å². The van der Waals surface area contributed by atoms with E-state index in [2.05, 4.69) is 51.3 Å². The number of methoxy groups -OCH3 is 1. The third kappa shape index (κ3) is 3.55. The van der Waals surface area contributed by atoms with E-state index >= 15 is 0 Å². The first-order valence-corrected chi connectivity index (χ1v) is 7.25. The minimum atomic E-state index is 0.0572. The van der Waals surface area contributed by atoms with Gasteiger partial charge in [-0.1, -0.05) is 20.8 Å². The molecule has 0 aliphatic carbocycles. The van der Waals surface area contributed by atoms with Crippen molar-refractivity contribution >= 4 is 16.7 Å². The molecule has 0 bridgehead atoms. The Morgan fingerprint density at radius 2 is 2.15 bits per heavy atom. The molecule has 2 aromatic heterocycles. The minimum absolute atomic E-state index is 0.0572. The molecular weight excluding hydrogens is 274 g/mol. The Bertz CT molecular complexity index is 557. The molecule has 110 valence electrons. The average Bonchev–Trinajstić information content (AvgIpc) is 2.97. The average molecular weight is 295 g/mol. The fourth-order valence-corrected chi connectivity index (χ4v) is 2.37. The van der Waals surface area contributed by atoms with Crippen molar-refractivity contribution in [2.75, 3.05) is 19.1 Å². The van der Waals surface area contributed by atoms with E-state index in [-0.39, 0.29) is 5.41 Å². The highest BCUT2D eigenvalue weighted by Gasteiger charge is 2.18. The van der Waals surface area contributed by atoms with Crippen LogP contribution in [-0.4, -0.2) is 33.7 Å². The minimum Gasteiger partial charge on any atom is -0.377 e. The molecule has 2 rings (SSSR count). The van der Waals surface area contributed by atoms with Crippen LogP contribution in [0.15, 0.2) is 6.07 Å². The van der Waals surface area contributed by atoms with Crippen LogP contribution in [0.5, 0.6) is 0 Å². The maximum Gasteiger partial charge on any atom is 0.205 e. The highest BCUT2D eigenvalue weighted by molar-refractivity contribution is 7.09. The van der Waals surface area contributed by atoms with Gasteiger partial charge in [-0.15, -0.1) is 0 Å². The largest absolute Gasteiger partial charge is 0.377 e. The predicted octanol–water partition coefficient (Wildman–Crippen LogP) is 2.34. The van der Waals surface area contributed by atoms with Crippen LogP contribution < -0.4 is 4.90 Å². The van der Waals surface area contributed by atoms with E-state index in [1.165, 1.54) is 11.5 Å². The lowest BCUT2D eigenvalue weighted by atomic mass is 9.92.